The van der Waals surface area contributed by atoms with Crippen molar-refractivity contribution in [1.82, 2.24) is 10.0 Å². The minimum atomic E-state index is -4.18. The highest BCUT2D eigenvalue weighted by atomic mass is 35.5. The molecule has 1 heterocycles. The summed E-state index contributed by atoms with van der Waals surface area (Å²) in [6.45, 7) is 3.76. The van der Waals surface area contributed by atoms with E-state index in [2.05, 4.69) is 10.0 Å². The molecule has 0 atom stereocenters. The molecule has 8 heteroatoms. The molecule has 1 fully saturated rings. The monoisotopic (exact) mass is 340 g/mol. The smallest absolute Gasteiger partial charge is 0.246 e. The van der Waals surface area contributed by atoms with Gasteiger partial charge in [-0.05, 0) is 43.5 Å². The molecule has 21 heavy (non-hydrogen) atoms. The Morgan fingerprint density at radius 3 is 2.29 bits per heavy atom. The predicted octanol–water partition coefficient (Wildman–Crippen LogP) is 2.05. The Morgan fingerprint density at radius 1 is 1.24 bits per heavy atom. The Labute approximate surface area is 129 Å². The van der Waals surface area contributed by atoms with E-state index >= 15 is 0 Å². The lowest BCUT2D eigenvalue weighted by atomic mass is 9.81. The van der Waals surface area contributed by atoms with Crippen LogP contribution < -0.4 is 10.0 Å². The van der Waals surface area contributed by atoms with Crippen LogP contribution in [0.2, 0.25) is 0 Å². The molecular weight excluding hydrogens is 322 g/mol. The molecule has 4 nitrogen and oxygen atoms in total. The van der Waals surface area contributed by atoms with Crippen LogP contribution in [0.3, 0.4) is 0 Å². The number of hydrogen-bond acceptors (Lipinski definition) is 3. The molecule has 0 unspecified atom stereocenters. The third-order valence-corrected chi connectivity index (χ3v) is 5.14. The maximum Gasteiger partial charge on any atom is 0.246 e. The Hall–Kier alpha value is -0.760. The van der Waals surface area contributed by atoms with Crippen molar-refractivity contribution in [2.45, 2.75) is 24.7 Å². The average Bonchev–Trinajstić information content (AvgIpc) is 2.37. The number of piperidine rings is 1. The molecule has 1 aromatic carbocycles. The molecule has 0 radical (unpaired) electrons. The van der Waals surface area contributed by atoms with Crippen molar-refractivity contribution in [3.8, 4) is 0 Å². The molecule has 0 aliphatic carbocycles. The van der Waals surface area contributed by atoms with Crippen molar-refractivity contribution in [2.75, 3.05) is 19.6 Å². The highest BCUT2D eigenvalue weighted by molar-refractivity contribution is 7.89. The van der Waals surface area contributed by atoms with Crippen molar-refractivity contribution in [3.63, 3.8) is 0 Å². The average molecular weight is 341 g/mol. The van der Waals surface area contributed by atoms with Crippen LogP contribution >= 0.6 is 12.4 Å². The van der Waals surface area contributed by atoms with Gasteiger partial charge in [-0.1, -0.05) is 13.0 Å². The van der Waals surface area contributed by atoms with Gasteiger partial charge in [0.05, 0.1) is 0 Å². The van der Waals surface area contributed by atoms with Crippen LogP contribution in [0.15, 0.2) is 23.1 Å². The zero-order valence-corrected chi connectivity index (χ0v) is 13.3. The van der Waals surface area contributed by atoms with Gasteiger partial charge in [-0.3, -0.25) is 0 Å². The molecule has 0 aromatic heterocycles. The first-order valence-electron chi connectivity index (χ1n) is 6.48. The lowest BCUT2D eigenvalue weighted by Crippen LogP contribution is -2.43. The van der Waals surface area contributed by atoms with Gasteiger partial charge in [0.25, 0.3) is 0 Å². The second kappa shape index (κ2) is 7.00. The van der Waals surface area contributed by atoms with E-state index in [-0.39, 0.29) is 24.4 Å². The second-order valence-corrected chi connectivity index (χ2v) is 7.14. The lowest BCUT2D eigenvalue weighted by molar-refractivity contribution is 0.232. The third kappa shape index (κ3) is 4.35. The molecule has 2 N–H and O–H groups in total. The molecule has 1 aliphatic rings. The van der Waals surface area contributed by atoms with E-state index < -0.39 is 26.6 Å². The van der Waals surface area contributed by atoms with Gasteiger partial charge in [0.2, 0.25) is 10.0 Å². The van der Waals surface area contributed by atoms with Crippen molar-refractivity contribution >= 4 is 22.4 Å². The zero-order chi connectivity index (χ0) is 14.8. The van der Waals surface area contributed by atoms with Gasteiger partial charge in [-0.15, -0.1) is 12.4 Å². The first-order valence-corrected chi connectivity index (χ1v) is 7.97. The van der Waals surface area contributed by atoms with Crippen LogP contribution in [-0.2, 0) is 10.0 Å². The second-order valence-electron chi connectivity index (χ2n) is 5.44. The van der Waals surface area contributed by atoms with Crippen molar-refractivity contribution in [3.05, 3.63) is 29.8 Å². The largest absolute Gasteiger partial charge is 0.317 e. The van der Waals surface area contributed by atoms with E-state index in [0.717, 1.165) is 44.1 Å². The first-order chi connectivity index (χ1) is 9.34. The van der Waals surface area contributed by atoms with Gasteiger partial charge in [-0.25, -0.2) is 21.9 Å². The summed E-state index contributed by atoms with van der Waals surface area (Å²) >= 11 is 0. The van der Waals surface area contributed by atoms with Crippen molar-refractivity contribution < 1.29 is 17.2 Å². The number of rotatable bonds is 4. The zero-order valence-electron chi connectivity index (χ0n) is 11.7. The molecular formula is C13H19ClF2N2O2S. The van der Waals surface area contributed by atoms with Crippen LogP contribution in [-0.4, -0.2) is 28.1 Å². The summed E-state index contributed by atoms with van der Waals surface area (Å²) in [4.78, 5) is -0.905. The van der Waals surface area contributed by atoms with Crippen LogP contribution in [0.5, 0.6) is 0 Å². The Bertz CT molecular complexity index is 570. The van der Waals surface area contributed by atoms with Crippen LogP contribution in [0, 0.1) is 17.0 Å². The molecule has 0 spiro atoms. The molecule has 1 saturated heterocycles. The molecule has 0 saturated carbocycles. The summed E-state index contributed by atoms with van der Waals surface area (Å²) in [5.41, 5.74) is -0.194. The van der Waals surface area contributed by atoms with Crippen LogP contribution in [0.1, 0.15) is 19.8 Å². The summed E-state index contributed by atoms with van der Waals surface area (Å²) in [6, 6.07) is 3.01. The van der Waals surface area contributed by atoms with Gasteiger partial charge < -0.3 is 5.32 Å². The standard InChI is InChI=1S/C13H18F2N2O2S.ClH/c1-13(5-7-16-8-6-13)9-17-20(18,19)12-10(14)3-2-4-11(12)15;/h2-4,16-17H,5-9H2,1H3;1H. The topological polar surface area (TPSA) is 58.2 Å². The van der Waals surface area contributed by atoms with E-state index in [9.17, 15) is 17.2 Å². The SMILES string of the molecule is CC1(CNS(=O)(=O)c2c(F)cccc2F)CCNCC1.Cl. The highest BCUT2D eigenvalue weighted by Crippen LogP contribution is 2.28. The third-order valence-electron chi connectivity index (χ3n) is 3.69. The van der Waals surface area contributed by atoms with E-state index in [4.69, 9.17) is 0 Å². The normalized spacial score (nSPS) is 18.0. The molecule has 120 valence electrons. The number of halogens is 3. The Kier molecular flexibility index (Phi) is 6.10. The number of hydrogen-bond donors (Lipinski definition) is 2. The van der Waals surface area contributed by atoms with Gasteiger partial charge in [0.15, 0.2) is 4.90 Å². The first kappa shape index (κ1) is 18.3. The summed E-state index contributed by atoms with van der Waals surface area (Å²) in [5.74, 6) is -2.15. The number of sulfonamides is 1. The maximum atomic E-state index is 13.5. The number of nitrogens with one attached hydrogen (secondary N) is 2. The van der Waals surface area contributed by atoms with E-state index in [1.54, 1.807) is 0 Å². The lowest BCUT2D eigenvalue weighted by Gasteiger charge is -2.34. The van der Waals surface area contributed by atoms with Crippen LogP contribution in [0.4, 0.5) is 8.78 Å². The summed E-state index contributed by atoms with van der Waals surface area (Å²) < 4.78 is 53.5. The predicted molar refractivity (Wildman–Crippen MR) is 79.0 cm³/mol. The highest BCUT2D eigenvalue weighted by Gasteiger charge is 2.30. The Balaban J connectivity index is 0.00000220. The van der Waals surface area contributed by atoms with Gasteiger partial charge in [-0.2, -0.15) is 0 Å². The Morgan fingerprint density at radius 2 is 1.76 bits per heavy atom. The molecule has 2 rings (SSSR count). The summed E-state index contributed by atoms with van der Waals surface area (Å²) in [7, 11) is -4.18. The minimum Gasteiger partial charge on any atom is -0.317 e. The van der Waals surface area contributed by atoms with Crippen molar-refractivity contribution in [2.24, 2.45) is 5.41 Å². The van der Waals surface area contributed by atoms with E-state index in [1.165, 1.54) is 0 Å². The fraction of sp³-hybridized carbons (Fsp3) is 0.538. The van der Waals surface area contributed by atoms with Crippen LogP contribution in [0.25, 0.3) is 0 Å². The molecule has 0 amide bonds. The molecule has 1 aliphatic heterocycles. The number of benzene rings is 1. The van der Waals surface area contributed by atoms with Gasteiger partial charge >= 0.3 is 0 Å². The van der Waals surface area contributed by atoms with Gasteiger partial charge in [0.1, 0.15) is 11.6 Å². The van der Waals surface area contributed by atoms with Gasteiger partial charge in [0, 0.05) is 6.54 Å². The fourth-order valence-electron chi connectivity index (χ4n) is 2.29. The molecule has 0 bridgehead atoms. The maximum absolute atomic E-state index is 13.5. The fourth-order valence-corrected chi connectivity index (χ4v) is 3.62. The molecule has 1 aromatic rings. The van der Waals surface area contributed by atoms with E-state index in [0.29, 0.717) is 0 Å². The summed E-state index contributed by atoms with van der Waals surface area (Å²) in [5, 5.41) is 3.19. The summed E-state index contributed by atoms with van der Waals surface area (Å²) in [6.07, 6.45) is 1.63. The van der Waals surface area contributed by atoms with Crippen molar-refractivity contribution in [1.29, 1.82) is 0 Å². The minimum absolute atomic E-state index is 0. The van der Waals surface area contributed by atoms with E-state index in [1.807, 2.05) is 6.92 Å². The quantitative estimate of drug-likeness (QED) is 0.882.